The summed E-state index contributed by atoms with van der Waals surface area (Å²) in [6.07, 6.45) is 2.41. The number of methoxy groups -OCH3 is 1. The van der Waals surface area contributed by atoms with Gasteiger partial charge in [-0.1, -0.05) is 32.0 Å². The Hall–Kier alpha value is -1.55. The number of quaternary nitrogens is 1. The molecule has 4 nitrogen and oxygen atoms in total. The predicted molar refractivity (Wildman–Crippen MR) is 99.8 cm³/mol. The number of ether oxygens (including phenoxy) is 1. The molecule has 2 N–H and O–H groups in total. The summed E-state index contributed by atoms with van der Waals surface area (Å²) in [7, 11) is 1.69. The molecule has 0 radical (unpaired) electrons. The number of hydrogen-bond donors (Lipinski definition) is 2. The van der Waals surface area contributed by atoms with Crippen molar-refractivity contribution in [1.29, 1.82) is 0 Å². The number of para-hydroxylation sites is 1. The number of hydrogen-bond acceptors (Lipinski definition) is 2. The zero-order chi connectivity index (χ0) is 18.0. The molecule has 1 aromatic rings. The lowest BCUT2D eigenvalue weighted by Crippen LogP contribution is -3.11. The Labute approximate surface area is 147 Å². The molecule has 24 heavy (non-hydrogen) atoms. The van der Waals surface area contributed by atoms with Gasteiger partial charge in [0, 0.05) is 30.4 Å². The Kier molecular flexibility index (Phi) is 8.83. The molecule has 0 fully saturated rings. The van der Waals surface area contributed by atoms with Crippen molar-refractivity contribution >= 4 is 5.91 Å². The molecule has 0 spiro atoms. The van der Waals surface area contributed by atoms with Crippen LogP contribution in [0.5, 0.6) is 5.75 Å². The zero-order valence-corrected chi connectivity index (χ0v) is 16.1. The molecule has 4 heteroatoms. The van der Waals surface area contributed by atoms with Crippen LogP contribution in [0.15, 0.2) is 24.3 Å². The van der Waals surface area contributed by atoms with Gasteiger partial charge in [0.05, 0.1) is 26.7 Å². The summed E-state index contributed by atoms with van der Waals surface area (Å²) in [5, 5.41) is 3.09. The maximum absolute atomic E-state index is 12.4. The first kappa shape index (κ1) is 20.5. The third-order valence-electron chi connectivity index (χ3n) is 5.12. The Morgan fingerprint density at radius 3 is 2.46 bits per heavy atom. The van der Waals surface area contributed by atoms with Crippen molar-refractivity contribution in [1.82, 2.24) is 5.32 Å². The van der Waals surface area contributed by atoms with Crippen LogP contribution < -0.4 is 15.0 Å². The van der Waals surface area contributed by atoms with E-state index in [0.29, 0.717) is 6.42 Å². The summed E-state index contributed by atoms with van der Waals surface area (Å²) in [6, 6.07) is 8.01. The summed E-state index contributed by atoms with van der Waals surface area (Å²) >= 11 is 0. The summed E-state index contributed by atoms with van der Waals surface area (Å²) < 4.78 is 5.49. The fraction of sp³-hybridized carbons (Fsp3) is 0.650. The normalized spacial score (nSPS) is 13.6. The lowest BCUT2D eigenvalue weighted by molar-refractivity contribution is -0.896. The van der Waals surface area contributed by atoms with E-state index in [1.807, 2.05) is 18.2 Å². The molecule has 0 aliphatic rings. The van der Waals surface area contributed by atoms with E-state index in [1.54, 1.807) is 12.0 Å². The Balaban J connectivity index is 2.59. The highest BCUT2D eigenvalue weighted by Gasteiger charge is 2.30. The molecule has 0 unspecified atom stereocenters. The second-order valence-corrected chi connectivity index (χ2v) is 6.70. The molecule has 0 aliphatic heterocycles. The van der Waals surface area contributed by atoms with Gasteiger partial charge < -0.3 is 15.0 Å². The number of rotatable bonds is 11. The molecule has 0 aliphatic carbocycles. The zero-order valence-electron chi connectivity index (χ0n) is 16.1. The van der Waals surface area contributed by atoms with Crippen LogP contribution in [0.2, 0.25) is 0 Å². The molecule has 0 bridgehead atoms. The molecule has 0 saturated heterocycles. The smallest absolute Gasteiger partial charge is 0.220 e. The van der Waals surface area contributed by atoms with E-state index < -0.39 is 0 Å². The lowest BCUT2D eigenvalue weighted by Gasteiger charge is -2.29. The molecule has 1 aromatic carbocycles. The first-order chi connectivity index (χ1) is 11.5. The predicted octanol–water partition coefficient (Wildman–Crippen LogP) is 2.18. The first-order valence-corrected chi connectivity index (χ1v) is 9.24. The van der Waals surface area contributed by atoms with Crippen LogP contribution in [0, 0.1) is 0 Å². The lowest BCUT2D eigenvalue weighted by atomic mass is 9.76. The van der Waals surface area contributed by atoms with E-state index in [-0.39, 0.29) is 11.3 Å². The Morgan fingerprint density at radius 1 is 1.21 bits per heavy atom. The van der Waals surface area contributed by atoms with E-state index in [1.165, 1.54) is 0 Å². The number of benzene rings is 1. The van der Waals surface area contributed by atoms with Crippen molar-refractivity contribution in [3.8, 4) is 5.75 Å². The van der Waals surface area contributed by atoms with Crippen molar-refractivity contribution in [2.24, 2.45) is 0 Å². The van der Waals surface area contributed by atoms with Gasteiger partial charge in [0.15, 0.2) is 0 Å². The highest BCUT2D eigenvalue weighted by Crippen LogP contribution is 2.37. The summed E-state index contributed by atoms with van der Waals surface area (Å²) in [5.41, 5.74) is 0.901. The van der Waals surface area contributed by atoms with E-state index in [0.717, 1.165) is 50.3 Å². The van der Waals surface area contributed by atoms with Crippen molar-refractivity contribution in [2.45, 2.75) is 52.4 Å². The van der Waals surface area contributed by atoms with Crippen LogP contribution in [0.25, 0.3) is 0 Å². The van der Waals surface area contributed by atoms with Crippen molar-refractivity contribution in [2.75, 3.05) is 33.3 Å². The summed E-state index contributed by atoms with van der Waals surface area (Å²) in [4.78, 5) is 14.0. The molecular formula is C20H35N2O2+. The molecule has 136 valence electrons. The fourth-order valence-electron chi connectivity index (χ4n) is 3.14. The minimum Gasteiger partial charge on any atom is -0.496 e. The van der Waals surface area contributed by atoms with E-state index >= 15 is 0 Å². The van der Waals surface area contributed by atoms with E-state index in [2.05, 4.69) is 39.1 Å². The highest BCUT2D eigenvalue weighted by atomic mass is 16.5. The van der Waals surface area contributed by atoms with E-state index in [4.69, 9.17) is 4.74 Å². The SMILES string of the molecule is CC[NH+](CC)CCCNC(=O)C[C@@](C)(CC)c1ccccc1OC. The van der Waals surface area contributed by atoms with Crippen LogP contribution in [-0.4, -0.2) is 39.2 Å². The molecular weight excluding hydrogens is 300 g/mol. The van der Waals surface area contributed by atoms with Crippen LogP contribution in [0.1, 0.15) is 52.5 Å². The van der Waals surface area contributed by atoms with Crippen LogP contribution in [-0.2, 0) is 10.2 Å². The van der Waals surface area contributed by atoms with Gasteiger partial charge in [0.2, 0.25) is 5.91 Å². The average molecular weight is 336 g/mol. The monoisotopic (exact) mass is 335 g/mol. The number of nitrogens with one attached hydrogen (secondary N) is 2. The Bertz CT molecular complexity index is 500. The van der Waals surface area contributed by atoms with E-state index in [9.17, 15) is 4.79 Å². The second-order valence-electron chi connectivity index (χ2n) is 6.70. The van der Waals surface area contributed by atoms with Crippen molar-refractivity contribution < 1.29 is 14.4 Å². The van der Waals surface area contributed by atoms with Gasteiger partial charge in [-0.05, 0) is 26.3 Å². The second kappa shape index (κ2) is 10.3. The first-order valence-electron chi connectivity index (χ1n) is 9.24. The minimum atomic E-state index is -0.208. The maximum atomic E-state index is 12.4. The van der Waals surface area contributed by atoms with Gasteiger partial charge in [-0.2, -0.15) is 0 Å². The van der Waals surface area contributed by atoms with Gasteiger partial charge in [0.1, 0.15) is 5.75 Å². The third kappa shape index (κ3) is 5.82. The number of carbonyl (C=O) groups is 1. The third-order valence-corrected chi connectivity index (χ3v) is 5.12. The van der Waals surface area contributed by atoms with Gasteiger partial charge in [-0.3, -0.25) is 4.79 Å². The van der Waals surface area contributed by atoms with Crippen LogP contribution in [0.4, 0.5) is 0 Å². The summed E-state index contributed by atoms with van der Waals surface area (Å²) in [6.45, 7) is 12.8. The van der Waals surface area contributed by atoms with Crippen molar-refractivity contribution in [3.63, 3.8) is 0 Å². The largest absolute Gasteiger partial charge is 0.496 e. The molecule has 1 amide bonds. The van der Waals surface area contributed by atoms with Crippen molar-refractivity contribution in [3.05, 3.63) is 29.8 Å². The molecule has 1 rings (SSSR count). The van der Waals surface area contributed by atoms with Gasteiger partial charge in [0.25, 0.3) is 0 Å². The van der Waals surface area contributed by atoms with Gasteiger partial charge in [-0.15, -0.1) is 0 Å². The minimum absolute atomic E-state index is 0.125. The van der Waals surface area contributed by atoms with Crippen LogP contribution in [0.3, 0.4) is 0 Å². The average Bonchev–Trinajstić information content (AvgIpc) is 2.61. The Morgan fingerprint density at radius 2 is 1.88 bits per heavy atom. The number of carbonyl (C=O) groups excluding carboxylic acids is 1. The molecule has 0 saturated carbocycles. The number of amides is 1. The standard InChI is InChI=1S/C20H34N2O2/c1-6-20(4,17-12-9-10-13-18(17)24-5)16-19(23)21-14-11-15-22(7-2)8-3/h9-10,12-13H,6-8,11,14-16H2,1-5H3,(H,21,23)/p+1/t20-/m1/s1. The quantitative estimate of drug-likeness (QED) is 0.609. The maximum Gasteiger partial charge on any atom is 0.220 e. The van der Waals surface area contributed by atoms with Gasteiger partial charge >= 0.3 is 0 Å². The van der Waals surface area contributed by atoms with Crippen LogP contribution >= 0.6 is 0 Å². The molecule has 1 atom stereocenters. The fourth-order valence-corrected chi connectivity index (χ4v) is 3.14. The summed E-state index contributed by atoms with van der Waals surface area (Å²) in [5.74, 6) is 0.986. The highest BCUT2D eigenvalue weighted by molar-refractivity contribution is 5.77. The van der Waals surface area contributed by atoms with Gasteiger partial charge in [-0.25, -0.2) is 0 Å². The molecule has 0 heterocycles. The molecule has 0 aromatic heterocycles. The topological polar surface area (TPSA) is 42.8 Å².